The summed E-state index contributed by atoms with van der Waals surface area (Å²) in [4.78, 5) is 13.4. The van der Waals surface area contributed by atoms with Crippen LogP contribution in [0.5, 0.6) is 0 Å². The van der Waals surface area contributed by atoms with Gasteiger partial charge in [-0.3, -0.25) is 0 Å². The van der Waals surface area contributed by atoms with Crippen molar-refractivity contribution in [1.82, 2.24) is 0 Å². The number of benzene rings is 7. The maximum absolute atomic E-state index is 2.72. The molecule has 11 rings (SSSR count). The Morgan fingerprint density at radius 3 is 1.96 bits per heavy atom. The molecule has 0 fully saturated rings. The van der Waals surface area contributed by atoms with Crippen LogP contribution in [-0.4, -0.2) is 6.85 Å². The molecule has 5 heteroatoms. The van der Waals surface area contributed by atoms with E-state index in [1.54, 1.807) is 0 Å². The van der Waals surface area contributed by atoms with Crippen molar-refractivity contribution in [1.29, 1.82) is 0 Å². The third-order valence-electron chi connectivity index (χ3n) is 10.5. The Bertz CT molecular complexity index is 2440. The van der Waals surface area contributed by atoms with Crippen LogP contribution in [0, 0.1) is 6.92 Å². The van der Waals surface area contributed by atoms with Crippen LogP contribution >= 0.6 is 21.8 Å². The maximum atomic E-state index is 2.72. The lowest BCUT2D eigenvalue weighted by atomic mass is 9.43. The van der Waals surface area contributed by atoms with Crippen LogP contribution in [0.15, 0.2) is 187 Å². The highest BCUT2D eigenvalue weighted by Gasteiger charge is 2.52. The second-order valence-electron chi connectivity index (χ2n) is 13.0. The quantitative estimate of drug-likeness (QED) is 0.172. The van der Waals surface area contributed by atoms with Crippen molar-refractivity contribution in [2.45, 2.75) is 36.3 Å². The molecule has 0 saturated heterocycles. The van der Waals surface area contributed by atoms with E-state index >= 15 is 0 Å². The average molecular weight is 649 g/mol. The monoisotopic (exact) mass is 648 g/mol. The van der Waals surface area contributed by atoms with Crippen LogP contribution in [0.4, 0.5) is 28.4 Å². The highest BCUT2D eigenvalue weighted by Crippen LogP contribution is 2.80. The molecular formula is C43H29BN2S2. The van der Waals surface area contributed by atoms with E-state index in [1.165, 1.54) is 85.4 Å². The molecule has 0 radical (unpaired) electrons. The number of rotatable bonds is 2. The predicted octanol–water partition coefficient (Wildman–Crippen LogP) is 10.8. The summed E-state index contributed by atoms with van der Waals surface area (Å²) in [6, 6.07) is 59.7. The van der Waals surface area contributed by atoms with Crippen molar-refractivity contribution in [3.05, 3.63) is 163 Å². The number of para-hydroxylation sites is 4. The van der Waals surface area contributed by atoms with E-state index in [0.29, 0.717) is 0 Å². The molecule has 4 aliphatic heterocycles. The minimum atomic E-state index is -1.83. The normalized spacial score (nSPS) is 15.8. The lowest BCUT2D eigenvalue weighted by Gasteiger charge is -2.55. The van der Waals surface area contributed by atoms with Gasteiger partial charge in [0.05, 0.1) is 17.1 Å². The zero-order valence-corrected chi connectivity index (χ0v) is 27.9. The molecule has 7 aromatic rings. The van der Waals surface area contributed by atoms with Gasteiger partial charge in [0.15, 0.2) is 0 Å². The zero-order valence-electron chi connectivity index (χ0n) is 26.3. The molecule has 0 unspecified atom stereocenters. The summed E-state index contributed by atoms with van der Waals surface area (Å²) in [5, 5.41) is 0. The standard InChI is InChI=1S/C43H29BN2S2/c1-28-26-32-31-18-12-25-40-42(31)46(35-21-9-11-24-39(35)48(40,29-14-4-2-5-15-29)30-16-6-3-7-17-30)44-33-19-13-23-38-43(33)45(36(27-28)41(32)44)34-20-8-10-22-37(34)47-38/h2-27H,1H3. The third-order valence-corrected chi connectivity index (χ3v) is 15.5. The van der Waals surface area contributed by atoms with Gasteiger partial charge in [-0.15, -0.1) is 10.0 Å². The number of anilines is 5. The second-order valence-corrected chi connectivity index (χ2v) is 17.1. The van der Waals surface area contributed by atoms with Gasteiger partial charge in [0, 0.05) is 46.3 Å². The number of hydrogen-bond donors (Lipinski definition) is 0. The smallest absolute Gasteiger partial charge is 0.333 e. The fourth-order valence-corrected chi connectivity index (χ4v) is 14.0. The van der Waals surface area contributed by atoms with Gasteiger partial charge in [-0.1, -0.05) is 103 Å². The predicted molar refractivity (Wildman–Crippen MR) is 203 cm³/mol. The average Bonchev–Trinajstić information content (AvgIpc) is 3.14. The molecule has 48 heavy (non-hydrogen) atoms. The SMILES string of the molecule is Cc1cc2c3c(c1)N1c4ccccc4Sc4cccc(c41)B3N1c3ccccc3S(c3ccccc3)(c3ccccc3)c3cccc-2c31. The van der Waals surface area contributed by atoms with Crippen LogP contribution in [0.25, 0.3) is 11.1 Å². The summed E-state index contributed by atoms with van der Waals surface area (Å²) >= 11 is 1.90. The molecule has 0 aliphatic carbocycles. The molecular weight excluding hydrogens is 619 g/mol. The second kappa shape index (κ2) is 9.73. The fraction of sp³-hybridized carbons (Fsp3) is 0.0233. The minimum Gasteiger partial charge on any atom is -0.375 e. The zero-order chi connectivity index (χ0) is 31.6. The van der Waals surface area contributed by atoms with Crippen LogP contribution in [0.2, 0.25) is 0 Å². The van der Waals surface area contributed by atoms with Crippen molar-refractivity contribution in [3.63, 3.8) is 0 Å². The molecule has 0 atom stereocenters. The van der Waals surface area contributed by atoms with Gasteiger partial charge in [-0.05, 0) is 95.7 Å². The lowest BCUT2D eigenvalue weighted by Crippen LogP contribution is -2.62. The summed E-state index contributed by atoms with van der Waals surface area (Å²) in [6.45, 7) is 2.30. The van der Waals surface area contributed by atoms with Crippen molar-refractivity contribution >= 4 is 68.0 Å². The molecule has 0 amide bonds. The Hall–Kier alpha value is -5.10. The Balaban J connectivity index is 1.32. The summed E-state index contributed by atoms with van der Waals surface area (Å²) in [5.41, 5.74) is 13.3. The molecule has 2 nitrogen and oxygen atoms in total. The Morgan fingerprint density at radius 2 is 1.17 bits per heavy atom. The highest BCUT2D eigenvalue weighted by molar-refractivity contribution is 8.34. The van der Waals surface area contributed by atoms with Gasteiger partial charge in [0.25, 0.3) is 0 Å². The molecule has 4 heterocycles. The largest absolute Gasteiger partial charge is 0.375 e. The van der Waals surface area contributed by atoms with Crippen molar-refractivity contribution in [2.24, 2.45) is 0 Å². The van der Waals surface area contributed by atoms with Crippen molar-refractivity contribution < 1.29 is 0 Å². The number of nitrogens with zero attached hydrogens (tertiary/aromatic N) is 2. The highest BCUT2D eigenvalue weighted by atomic mass is 32.3. The van der Waals surface area contributed by atoms with E-state index in [2.05, 4.69) is 174 Å². The van der Waals surface area contributed by atoms with Gasteiger partial charge in [-0.2, -0.15) is 0 Å². The third kappa shape index (κ3) is 3.28. The van der Waals surface area contributed by atoms with Crippen molar-refractivity contribution in [3.8, 4) is 11.1 Å². The first-order chi connectivity index (χ1) is 23.7. The topological polar surface area (TPSA) is 6.48 Å². The molecule has 226 valence electrons. The molecule has 4 aliphatic rings. The van der Waals surface area contributed by atoms with Gasteiger partial charge < -0.3 is 9.71 Å². The summed E-state index contributed by atoms with van der Waals surface area (Å²) in [7, 11) is -1.83. The molecule has 0 bridgehead atoms. The van der Waals surface area contributed by atoms with Crippen LogP contribution in [-0.2, 0) is 0 Å². The maximum Gasteiger partial charge on any atom is 0.333 e. The van der Waals surface area contributed by atoms with E-state index < -0.39 is 10.0 Å². The van der Waals surface area contributed by atoms with Gasteiger partial charge in [0.1, 0.15) is 0 Å². The molecule has 0 spiro atoms. The molecule has 7 aromatic carbocycles. The minimum absolute atomic E-state index is 0.0337. The van der Waals surface area contributed by atoms with Gasteiger partial charge in [-0.25, -0.2) is 0 Å². The van der Waals surface area contributed by atoms with E-state index in [-0.39, 0.29) is 6.85 Å². The molecule has 0 aromatic heterocycles. The Kier molecular flexibility index (Phi) is 5.45. The van der Waals surface area contributed by atoms with E-state index in [0.717, 1.165) is 0 Å². The van der Waals surface area contributed by atoms with Gasteiger partial charge >= 0.3 is 6.85 Å². The van der Waals surface area contributed by atoms with E-state index in [4.69, 9.17) is 0 Å². The first kappa shape index (κ1) is 26.9. The van der Waals surface area contributed by atoms with Crippen molar-refractivity contribution in [2.75, 3.05) is 9.71 Å². The van der Waals surface area contributed by atoms with Crippen LogP contribution < -0.4 is 20.6 Å². The summed E-state index contributed by atoms with van der Waals surface area (Å²) in [5.74, 6) is 0. The lowest BCUT2D eigenvalue weighted by molar-refractivity contribution is 1.13. The Morgan fingerprint density at radius 1 is 0.521 bits per heavy atom. The first-order valence-electron chi connectivity index (χ1n) is 16.5. The van der Waals surface area contributed by atoms with E-state index in [1.807, 2.05) is 11.8 Å². The number of fused-ring (bicyclic) bond motifs is 8. The van der Waals surface area contributed by atoms with Crippen LogP contribution in [0.3, 0.4) is 0 Å². The van der Waals surface area contributed by atoms with Crippen LogP contribution in [0.1, 0.15) is 5.56 Å². The summed E-state index contributed by atoms with van der Waals surface area (Å²) in [6.07, 6.45) is 0. The number of aryl methyl sites for hydroxylation is 1. The first-order valence-corrected chi connectivity index (χ1v) is 19.0. The molecule has 0 N–H and O–H groups in total. The molecule has 0 saturated carbocycles. The van der Waals surface area contributed by atoms with Gasteiger partial charge in [0.2, 0.25) is 0 Å². The Labute approximate surface area is 287 Å². The summed E-state index contributed by atoms with van der Waals surface area (Å²) < 4.78 is 0. The fourth-order valence-electron chi connectivity index (χ4n) is 8.75. The number of hydrogen-bond acceptors (Lipinski definition) is 3. The van der Waals surface area contributed by atoms with E-state index in [9.17, 15) is 0 Å².